The lowest BCUT2D eigenvalue weighted by molar-refractivity contribution is -0.125. The Labute approximate surface area is 141 Å². The van der Waals surface area contributed by atoms with Crippen molar-refractivity contribution >= 4 is 27.3 Å². The maximum absolute atomic E-state index is 12.7. The van der Waals surface area contributed by atoms with Crippen molar-refractivity contribution < 1.29 is 13.2 Å². The Kier molecular flexibility index (Phi) is 5.05. The monoisotopic (exact) mass is 357 g/mol. The molecule has 6 nitrogen and oxygen atoms in total. The van der Waals surface area contributed by atoms with Gasteiger partial charge in [-0.3, -0.25) is 4.79 Å². The molecule has 8 heteroatoms. The predicted octanol–water partition coefficient (Wildman–Crippen LogP) is 1.14. The fraction of sp³-hybridized carbons (Fsp3) is 0.667. The van der Waals surface area contributed by atoms with Crippen LogP contribution in [0.3, 0.4) is 0 Å². The van der Waals surface area contributed by atoms with E-state index in [1.165, 1.54) is 15.6 Å². The molecule has 1 saturated heterocycles. The van der Waals surface area contributed by atoms with Crippen LogP contribution < -0.4 is 11.1 Å². The van der Waals surface area contributed by atoms with E-state index in [4.69, 9.17) is 5.73 Å². The fourth-order valence-corrected chi connectivity index (χ4v) is 6.38. The van der Waals surface area contributed by atoms with Crippen LogP contribution in [-0.2, 0) is 14.8 Å². The lowest BCUT2D eigenvalue weighted by Gasteiger charge is -2.26. The lowest BCUT2D eigenvalue weighted by atomic mass is 10.0. The summed E-state index contributed by atoms with van der Waals surface area (Å²) in [7, 11) is -3.58. The minimum Gasteiger partial charge on any atom is -0.352 e. The van der Waals surface area contributed by atoms with Crippen molar-refractivity contribution in [3.05, 3.63) is 17.5 Å². The minimum atomic E-state index is -3.58. The molecule has 0 bridgehead atoms. The number of nitrogens with two attached hydrogens (primary N) is 1. The van der Waals surface area contributed by atoms with E-state index in [1.54, 1.807) is 17.5 Å². The van der Waals surface area contributed by atoms with E-state index in [0.29, 0.717) is 36.1 Å². The SMILES string of the molecule is NCC1CCCC1NC(=O)C1CCCN1S(=O)(=O)c1cccs1. The highest BCUT2D eigenvalue weighted by Gasteiger charge is 2.41. The summed E-state index contributed by atoms with van der Waals surface area (Å²) in [4.78, 5) is 12.6. The third-order valence-electron chi connectivity index (χ3n) is 4.85. The average Bonchev–Trinajstić information content (AvgIpc) is 3.27. The van der Waals surface area contributed by atoms with Gasteiger partial charge in [-0.05, 0) is 49.6 Å². The van der Waals surface area contributed by atoms with Gasteiger partial charge >= 0.3 is 0 Å². The van der Waals surface area contributed by atoms with Crippen molar-refractivity contribution in [1.29, 1.82) is 0 Å². The standard InChI is InChI=1S/C15H23N3O3S2/c16-10-11-4-1-5-12(11)17-15(19)13-6-2-8-18(13)23(20,21)14-7-3-9-22-14/h3,7,9,11-13H,1-2,4-6,8,10,16H2,(H,17,19). The molecule has 23 heavy (non-hydrogen) atoms. The first-order valence-corrected chi connectivity index (χ1v) is 10.4. The summed E-state index contributed by atoms with van der Waals surface area (Å²) >= 11 is 1.19. The zero-order chi connectivity index (χ0) is 16.4. The number of amides is 1. The average molecular weight is 358 g/mol. The van der Waals surface area contributed by atoms with Crippen LogP contribution in [-0.4, -0.2) is 43.8 Å². The molecule has 3 rings (SSSR count). The topological polar surface area (TPSA) is 92.5 Å². The highest BCUT2D eigenvalue weighted by atomic mass is 32.2. The largest absolute Gasteiger partial charge is 0.352 e. The number of sulfonamides is 1. The number of carbonyl (C=O) groups is 1. The van der Waals surface area contributed by atoms with Crippen molar-refractivity contribution in [2.24, 2.45) is 11.7 Å². The summed E-state index contributed by atoms with van der Waals surface area (Å²) in [6.07, 6.45) is 4.32. The van der Waals surface area contributed by atoms with Crippen molar-refractivity contribution in [3.8, 4) is 0 Å². The van der Waals surface area contributed by atoms with Crippen LogP contribution in [0.15, 0.2) is 21.7 Å². The van der Waals surface area contributed by atoms with Crippen LogP contribution >= 0.6 is 11.3 Å². The Balaban J connectivity index is 1.73. The van der Waals surface area contributed by atoms with Crippen molar-refractivity contribution in [1.82, 2.24) is 9.62 Å². The molecule has 0 radical (unpaired) electrons. The van der Waals surface area contributed by atoms with Gasteiger partial charge in [0.1, 0.15) is 10.3 Å². The van der Waals surface area contributed by atoms with Crippen LogP contribution in [0, 0.1) is 5.92 Å². The van der Waals surface area contributed by atoms with Crippen molar-refractivity contribution in [2.45, 2.75) is 48.4 Å². The highest BCUT2D eigenvalue weighted by molar-refractivity contribution is 7.91. The van der Waals surface area contributed by atoms with Crippen LogP contribution in [0.1, 0.15) is 32.1 Å². The summed E-state index contributed by atoms with van der Waals surface area (Å²) in [6, 6.07) is 2.79. The fourth-order valence-electron chi connectivity index (χ4n) is 3.60. The van der Waals surface area contributed by atoms with Gasteiger partial charge < -0.3 is 11.1 Å². The molecule has 1 aliphatic heterocycles. The van der Waals surface area contributed by atoms with Crippen molar-refractivity contribution in [3.63, 3.8) is 0 Å². The molecule has 1 aromatic rings. The Morgan fingerprint density at radius 1 is 1.35 bits per heavy atom. The second kappa shape index (κ2) is 6.88. The summed E-state index contributed by atoms with van der Waals surface area (Å²) in [6.45, 7) is 0.968. The number of nitrogens with zero attached hydrogens (tertiary/aromatic N) is 1. The third kappa shape index (κ3) is 3.31. The molecule has 0 aromatic carbocycles. The van der Waals surface area contributed by atoms with Gasteiger partial charge in [-0.1, -0.05) is 12.5 Å². The predicted molar refractivity (Wildman–Crippen MR) is 89.6 cm³/mol. The van der Waals surface area contributed by atoms with Crippen LogP contribution in [0.5, 0.6) is 0 Å². The Morgan fingerprint density at radius 3 is 2.87 bits per heavy atom. The first-order chi connectivity index (χ1) is 11.0. The second-order valence-corrected chi connectivity index (χ2v) is 9.31. The van der Waals surface area contributed by atoms with E-state index in [9.17, 15) is 13.2 Å². The molecule has 3 N–H and O–H groups in total. The van der Waals surface area contributed by atoms with Crippen molar-refractivity contribution in [2.75, 3.05) is 13.1 Å². The second-order valence-electron chi connectivity index (χ2n) is 6.25. The number of hydrogen-bond acceptors (Lipinski definition) is 5. The van der Waals surface area contributed by atoms with Gasteiger partial charge in [0.05, 0.1) is 0 Å². The zero-order valence-corrected chi connectivity index (χ0v) is 14.6. The molecule has 3 unspecified atom stereocenters. The highest BCUT2D eigenvalue weighted by Crippen LogP contribution is 2.30. The zero-order valence-electron chi connectivity index (χ0n) is 13.0. The summed E-state index contributed by atoms with van der Waals surface area (Å²) in [5.41, 5.74) is 5.76. The molecule has 3 atom stereocenters. The van der Waals surface area contributed by atoms with Gasteiger partial charge in [-0.15, -0.1) is 11.3 Å². The van der Waals surface area contributed by atoms with Gasteiger partial charge in [0.2, 0.25) is 5.91 Å². The van der Waals surface area contributed by atoms with E-state index in [1.807, 2.05) is 0 Å². The molecule has 2 heterocycles. The molecule has 1 saturated carbocycles. The van der Waals surface area contributed by atoms with Gasteiger partial charge in [0.25, 0.3) is 10.0 Å². The van der Waals surface area contributed by atoms with Crippen LogP contribution in [0.4, 0.5) is 0 Å². The minimum absolute atomic E-state index is 0.0828. The smallest absolute Gasteiger partial charge is 0.253 e. The Morgan fingerprint density at radius 2 is 2.17 bits per heavy atom. The number of thiophene rings is 1. The number of carbonyl (C=O) groups excluding carboxylic acids is 1. The number of rotatable bonds is 5. The quantitative estimate of drug-likeness (QED) is 0.827. The van der Waals surface area contributed by atoms with Crippen LogP contribution in [0.25, 0.3) is 0 Å². The Hall–Kier alpha value is -0.960. The molecular weight excluding hydrogens is 334 g/mol. The van der Waals surface area contributed by atoms with Gasteiger partial charge in [-0.25, -0.2) is 8.42 Å². The van der Waals surface area contributed by atoms with E-state index in [2.05, 4.69) is 5.32 Å². The summed E-state index contributed by atoms with van der Waals surface area (Å²) in [5.74, 6) is 0.135. The normalized spacial score (nSPS) is 29.0. The molecule has 128 valence electrons. The summed E-state index contributed by atoms with van der Waals surface area (Å²) in [5, 5.41) is 4.79. The Bertz CT molecular complexity index is 645. The van der Waals surface area contributed by atoms with E-state index < -0.39 is 16.1 Å². The number of hydrogen-bond donors (Lipinski definition) is 2. The molecule has 0 spiro atoms. The molecule has 1 aromatic heterocycles. The van der Waals surface area contributed by atoms with E-state index in [0.717, 1.165) is 19.3 Å². The van der Waals surface area contributed by atoms with E-state index in [-0.39, 0.29) is 11.9 Å². The molecule has 2 aliphatic rings. The van der Waals surface area contributed by atoms with Gasteiger partial charge in [0.15, 0.2) is 0 Å². The molecular formula is C15H23N3O3S2. The van der Waals surface area contributed by atoms with Crippen LogP contribution in [0.2, 0.25) is 0 Å². The third-order valence-corrected chi connectivity index (χ3v) is 8.14. The summed E-state index contributed by atoms with van der Waals surface area (Å²) < 4.78 is 27.1. The maximum atomic E-state index is 12.7. The van der Waals surface area contributed by atoms with Gasteiger partial charge in [0, 0.05) is 12.6 Å². The maximum Gasteiger partial charge on any atom is 0.253 e. The molecule has 1 amide bonds. The molecule has 1 aliphatic carbocycles. The first kappa shape index (κ1) is 16.9. The molecule has 2 fully saturated rings. The number of nitrogens with one attached hydrogen (secondary N) is 1. The lowest BCUT2D eigenvalue weighted by Crippen LogP contribution is -2.50. The van der Waals surface area contributed by atoms with E-state index >= 15 is 0 Å². The van der Waals surface area contributed by atoms with Gasteiger partial charge in [-0.2, -0.15) is 4.31 Å². The first-order valence-electron chi connectivity index (χ1n) is 8.10.